The fraction of sp³-hybridized carbons (Fsp3) is 0.571. The van der Waals surface area contributed by atoms with Crippen LogP contribution in [0.1, 0.15) is 38.7 Å². The van der Waals surface area contributed by atoms with Gasteiger partial charge in [0.15, 0.2) is 0 Å². The van der Waals surface area contributed by atoms with Gasteiger partial charge in [-0.05, 0) is 38.8 Å². The Kier molecular flexibility index (Phi) is 7.76. The Labute approximate surface area is 258 Å². The first kappa shape index (κ1) is 31.2. The molecule has 0 radical (unpaired) electrons. The molecule has 1 saturated carbocycles. The molecular weight excluding hydrogens is 612 g/mol. The van der Waals surface area contributed by atoms with Crippen LogP contribution in [0.15, 0.2) is 34.2 Å². The van der Waals surface area contributed by atoms with E-state index in [4.69, 9.17) is 9.82 Å². The lowest BCUT2D eigenvalue weighted by Crippen LogP contribution is -2.57. The molecule has 2 amide bonds. The van der Waals surface area contributed by atoms with Crippen molar-refractivity contribution < 1.29 is 26.8 Å². The SMILES string of the molecule is CONc1nc2c(N3CCN(C(=O)N4CCC(F)(F)C4)C(C)C3)cc(S(=O)(=O)NC3(C)CC3)cc2c(=O)n1Cc1cnn(C)c1. The predicted octanol–water partition coefficient (Wildman–Crippen LogP) is 1.95. The summed E-state index contributed by atoms with van der Waals surface area (Å²) in [6, 6.07) is 1.98. The largest absolute Gasteiger partial charge is 0.366 e. The third-order valence-corrected chi connectivity index (χ3v) is 10.3. The highest BCUT2D eigenvalue weighted by Gasteiger charge is 2.44. The summed E-state index contributed by atoms with van der Waals surface area (Å²) >= 11 is 0. The zero-order chi connectivity index (χ0) is 32.3. The maximum Gasteiger partial charge on any atom is 0.320 e. The molecule has 1 atom stereocenters. The summed E-state index contributed by atoms with van der Waals surface area (Å²) in [5.41, 5.74) is 3.00. The van der Waals surface area contributed by atoms with Gasteiger partial charge in [0.1, 0.15) is 5.52 Å². The molecule has 1 aromatic carbocycles. The first-order valence-corrected chi connectivity index (χ1v) is 16.2. The maximum absolute atomic E-state index is 14.1. The Balaban J connectivity index is 1.41. The second-order valence-electron chi connectivity index (χ2n) is 12.5. The summed E-state index contributed by atoms with van der Waals surface area (Å²) < 4.78 is 60.6. The monoisotopic (exact) mass is 649 g/mol. The Hall–Kier alpha value is -3.83. The third-order valence-electron chi connectivity index (χ3n) is 8.65. The number of fused-ring (bicyclic) bond motifs is 1. The lowest BCUT2D eigenvalue weighted by atomic mass is 10.1. The fourth-order valence-electron chi connectivity index (χ4n) is 5.94. The molecule has 2 aromatic heterocycles. The smallest absolute Gasteiger partial charge is 0.320 e. The standard InChI is InChI=1S/C28H37F2N9O5S/c1-18-14-36(9-10-38(18)26(41)37-8-7-28(29,30)17-37)22-12-20(45(42,43)34-27(2)5-6-27)11-21-23(22)32-25(33-44-4)39(24(21)40)16-19-13-31-35(3)15-19/h11-13,15,18,34H,5-10,14,16-17H2,1-4H3,(H,32,33). The summed E-state index contributed by atoms with van der Waals surface area (Å²) in [5, 5.41) is 4.25. The van der Waals surface area contributed by atoms with E-state index in [0.29, 0.717) is 18.5 Å². The number of hydrogen-bond acceptors (Lipinski definition) is 9. The lowest BCUT2D eigenvalue weighted by molar-refractivity contribution is 0.0131. The fourth-order valence-corrected chi connectivity index (χ4v) is 7.45. The molecule has 6 rings (SSSR count). The topological polar surface area (TPSA) is 147 Å². The predicted molar refractivity (Wildman–Crippen MR) is 162 cm³/mol. The van der Waals surface area contributed by atoms with Crippen molar-refractivity contribution >= 4 is 38.6 Å². The number of carbonyl (C=O) groups excluding carboxylic acids is 1. The van der Waals surface area contributed by atoms with Crippen LogP contribution in [-0.2, 0) is 28.5 Å². The lowest BCUT2D eigenvalue weighted by Gasteiger charge is -2.42. The molecule has 1 aliphatic carbocycles. The highest BCUT2D eigenvalue weighted by atomic mass is 32.2. The molecule has 0 spiro atoms. The quantitative estimate of drug-likeness (QED) is 0.350. The molecule has 3 aliphatic rings. The number of anilines is 2. The molecule has 17 heteroatoms. The third kappa shape index (κ3) is 6.20. The van der Waals surface area contributed by atoms with E-state index < -0.39 is 45.7 Å². The average molecular weight is 650 g/mol. The number of aryl methyl sites for hydroxylation is 1. The number of sulfonamides is 1. The summed E-state index contributed by atoms with van der Waals surface area (Å²) in [6.07, 6.45) is 4.41. The van der Waals surface area contributed by atoms with Gasteiger partial charge < -0.3 is 14.7 Å². The number of alkyl halides is 2. The Morgan fingerprint density at radius 3 is 2.53 bits per heavy atom. The Morgan fingerprint density at radius 2 is 1.93 bits per heavy atom. The van der Waals surface area contributed by atoms with Crippen LogP contribution in [-0.4, -0.2) is 101 Å². The molecule has 2 saturated heterocycles. The number of rotatable bonds is 8. The van der Waals surface area contributed by atoms with Gasteiger partial charge in [-0.25, -0.2) is 37.2 Å². The van der Waals surface area contributed by atoms with Crippen molar-refractivity contribution in [3.05, 3.63) is 40.4 Å². The number of piperazine rings is 1. The van der Waals surface area contributed by atoms with Crippen molar-refractivity contribution in [2.45, 2.75) is 62.1 Å². The van der Waals surface area contributed by atoms with Crippen LogP contribution in [0.5, 0.6) is 0 Å². The van der Waals surface area contributed by atoms with Gasteiger partial charge in [-0.2, -0.15) is 5.10 Å². The maximum atomic E-state index is 14.1. The molecule has 2 N–H and O–H groups in total. The van der Waals surface area contributed by atoms with Crippen molar-refractivity contribution in [1.82, 2.24) is 33.9 Å². The molecule has 4 heterocycles. The molecule has 45 heavy (non-hydrogen) atoms. The Morgan fingerprint density at radius 1 is 1.18 bits per heavy atom. The molecular formula is C28H37F2N9O5S. The van der Waals surface area contributed by atoms with Crippen LogP contribution in [0.3, 0.4) is 0 Å². The van der Waals surface area contributed by atoms with Gasteiger partial charge in [-0.3, -0.25) is 18.9 Å². The number of amides is 2. The Bertz CT molecular complexity index is 1810. The first-order chi connectivity index (χ1) is 21.2. The van der Waals surface area contributed by atoms with E-state index in [1.54, 1.807) is 29.0 Å². The number of urea groups is 1. The number of nitrogens with one attached hydrogen (secondary N) is 2. The molecule has 14 nitrogen and oxygen atoms in total. The number of halogens is 2. The van der Waals surface area contributed by atoms with Gasteiger partial charge in [-0.15, -0.1) is 0 Å². The van der Waals surface area contributed by atoms with E-state index in [0.717, 1.165) is 5.56 Å². The highest BCUT2D eigenvalue weighted by Crippen LogP contribution is 2.37. The molecule has 2 aliphatic heterocycles. The van der Waals surface area contributed by atoms with Crippen LogP contribution >= 0.6 is 0 Å². The zero-order valence-corrected chi connectivity index (χ0v) is 26.4. The summed E-state index contributed by atoms with van der Waals surface area (Å²) in [5.74, 6) is -2.79. The van der Waals surface area contributed by atoms with Crippen LogP contribution < -0.4 is 20.7 Å². The number of benzene rings is 1. The van der Waals surface area contributed by atoms with E-state index in [1.165, 1.54) is 28.7 Å². The molecule has 3 fully saturated rings. The van der Waals surface area contributed by atoms with Gasteiger partial charge >= 0.3 is 6.03 Å². The minimum absolute atomic E-state index is 0.0141. The molecule has 3 aromatic rings. The van der Waals surface area contributed by atoms with Crippen LogP contribution in [0.4, 0.5) is 25.2 Å². The van der Waals surface area contributed by atoms with Crippen LogP contribution in [0.2, 0.25) is 0 Å². The van der Waals surface area contributed by atoms with Crippen LogP contribution in [0, 0.1) is 0 Å². The number of carbonyl (C=O) groups is 1. The van der Waals surface area contributed by atoms with Crippen molar-refractivity contribution in [2.75, 3.05) is 50.2 Å². The van der Waals surface area contributed by atoms with Gasteiger partial charge in [0.05, 0.1) is 42.4 Å². The van der Waals surface area contributed by atoms with E-state index >= 15 is 0 Å². The summed E-state index contributed by atoms with van der Waals surface area (Å²) in [4.78, 5) is 41.7. The van der Waals surface area contributed by atoms with E-state index in [1.807, 2.05) is 18.7 Å². The summed E-state index contributed by atoms with van der Waals surface area (Å²) in [6.45, 7) is 3.83. The van der Waals surface area contributed by atoms with E-state index in [-0.39, 0.29) is 60.9 Å². The van der Waals surface area contributed by atoms with Crippen LogP contribution in [0.25, 0.3) is 10.9 Å². The van der Waals surface area contributed by atoms with Gasteiger partial charge in [0.2, 0.25) is 16.0 Å². The normalized spacial score (nSPS) is 21.0. The molecule has 0 bridgehead atoms. The number of hydrogen-bond donors (Lipinski definition) is 2. The second-order valence-corrected chi connectivity index (χ2v) is 14.1. The van der Waals surface area contributed by atoms with Crippen molar-refractivity contribution in [3.8, 4) is 0 Å². The van der Waals surface area contributed by atoms with Gasteiger partial charge in [-0.1, -0.05) is 0 Å². The highest BCUT2D eigenvalue weighted by molar-refractivity contribution is 7.89. The second kappa shape index (κ2) is 11.2. The molecule has 1 unspecified atom stereocenters. The number of nitrogens with zero attached hydrogens (tertiary/aromatic N) is 7. The minimum Gasteiger partial charge on any atom is -0.366 e. The summed E-state index contributed by atoms with van der Waals surface area (Å²) in [7, 11) is -0.879. The van der Waals surface area contributed by atoms with Gasteiger partial charge in [0.25, 0.3) is 11.5 Å². The van der Waals surface area contributed by atoms with Crippen molar-refractivity contribution in [1.29, 1.82) is 0 Å². The number of likely N-dealkylation sites (tertiary alicyclic amines) is 1. The van der Waals surface area contributed by atoms with E-state index in [9.17, 15) is 26.8 Å². The van der Waals surface area contributed by atoms with Crippen molar-refractivity contribution in [2.24, 2.45) is 7.05 Å². The molecule has 244 valence electrons. The van der Waals surface area contributed by atoms with Gasteiger partial charge in [0, 0.05) is 63.0 Å². The van der Waals surface area contributed by atoms with E-state index in [2.05, 4.69) is 15.3 Å². The van der Waals surface area contributed by atoms with Crippen molar-refractivity contribution in [3.63, 3.8) is 0 Å². The zero-order valence-electron chi connectivity index (χ0n) is 25.6. The number of aromatic nitrogens is 4. The minimum atomic E-state index is -4.02. The average Bonchev–Trinajstić information content (AvgIpc) is 3.35. The first-order valence-electron chi connectivity index (χ1n) is 14.8.